The van der Waals surface area contributed by atoms with Gasteiger partial charge in [0.25, 0.3) is 0 Å². The van der Waals surface area contributed by atoms with Crippen molar-refractivity contribution >= 4 is 16.9 Å². The normalized spacial score (nSPS) is 11.2. The molecule has 1 aromatic carbocycles. The van der Waals surface area contributed by atoms with Crippen LogP contribution in [0.3, 0.4) is 0 Å². The number of nitrogens with zero attached hydrogens (tertiary/aromatic N) is 6. The minimum atomic E-state index is -0.871. The maximum absolute atomic E-state index is 10.9. The van der Waals surface area contributed by atoms with E-state index < -0.39 is 5.97 Å². The van der Waals surface area contributed by atoms with E-state index in [1.54, 1.807) is 46.3 Å². The highest BCUT2D eigenvalue weighted by Gasteiger charge is 2.10. The maximum atomic E-state index is 10.9. The van der Waals surface area contributed by atoms with Crippen molar-refractivity contribution in [3.05, 3.63) is 85.3 Å². The highest BCUT2D eigenvalue weighted by atomic mass is 16.4. The van der Waals surface area contributed by atoms with Crippen LogP contribution < -0.4 is 0 Å². The van der Waals surface area contributed by atoms with E-state index in [0.29, 0.717) is 17.2 Å². The van der Waals surface area contributed by atoms with E-state index in [2.05, 4.69) is 21.1 Å². The zero-order valence-electron chi connectivity index (χ0n) is 15.3. The Morgan fingerprint density at radius 2 is 1.79 bits per heavy atom. The third kappa shape index (κ3) is 3.16. The summed E-state index contributed by atoms with van der Waals surface area (Å²) in [5, 5.41) is 14.4. The van der Waals surface area contributed by atoms with Gasteiger partial charge in [-0.2, -0.15) is 5.10 Å². The molecule has 0 unspecified atom stereocenters. The number of carboxylic acid groups (broad SMARTS) is 1. The Kier molecular flexibility index (Phi) is 3.94. The molecule has 0 saturated heterocycles. The molecule has 0 amide bonds. The summed E-state index contributed by atoms with van der Waals surface area (Å²) >= 11 is 0. The molecular formula is C21H16N6O2. The van der Waals surface area contributed by atoms with Gasteiger partial charge in [-0.05, 0) is 42.0 Å². The second-order valence-electron chi connectivity index (χ2n) is 6.62. The molecule has 8 heteroatoms. The van der Waals surface area contributed by atoms with E-state index in [0.717, 1.165) is 16.6 Å². The standard InChI is InChI=1S/C21H16N6O2/c28-21(29)9-15-5-8-26(14-15)19-12-22-13-20(24-19)27-18-10-17(25-6-1-2-7-25)4-3-16(18)11-23-27/h1-8,10-14H,9H2,(H,28,29). The zero-order chi connectivity index (χ0) is 19.8. The molecular weight excluding hydrogens is 368 g/mol. The molecule has 4 aromatic heterocycles. The van der Waals surface area contributed by atoms with Crippen molar-refractivity contribution in [2.24, 2.45) is 0 Å². The van der Waals surface area contributed by atoms with Crippen LogP contribution in [0.2, 0.25) is 0 Å². The number of carboxylic acids is 1. The van der Waals surface area contributed by atoms with Crippen molar-refractivity contribution in [1.29, 1.82) is 0 Å². The van der Waals surface area contributed by atoms with Gasteiger partial charge < -0.3 is 14.2 Å². The number of hydrogen-bond donors (Lipinski definition) is 1. The predicted octanol–water partition coefficient (Wildman–Crippen LogP) is 3.02. The van der Waals surface area contributed by atoms with Gasteiger partial charge in [-0.25, -0.2) is 9.67 Å². The molecule has 8 nitrogen and oxygen atoms in total. The van der Waals surface area contributed by atoms with Crippen LogP contribution in [0.25, 0.3) is 28.2 Å². The van der Waals surface area contributed by atoms with Gasteiger partial charge in [-0.1, -0.05) is 0 Å². The smallest absolute Gasteiger partial charge is 0.307 e. The fraction of sp³-hybridized carbons (Fsp3) is 0.0476. The molecule has 0 bridgehead atoms. The third-order valence-corrected chi connectivity index (χ3v) is 4.66. The molecule has 0 atom stereocenters. The largest absolute Gasteiger partial charge is 0.481 e. The van der Waals surface area contributed by atoms with Gasteiger partial charge in [0.15, 0.2) is 11.6 Å². The van der Waals surface area contributed by atoms with Gasteiger partial charge in [0.1, 0.15) is 0 Å². The molecule has 0 spiro atoms. The van der Waals surface area contributed by atoms with Gasteiger partial charge in [0, 0.05) is 35.9 Å². The molecule has 0 aliphatic heterocycles. The molecule has 0 saturated carbocycles. The van der Waals surface area contributed by atoms with Crippen molar-refractivity contribution < 1.29 is 9.90 Å². The predicted molar refractivity (Wildman–Crippen MR) is 107 cm³/mol. The van der Waals surface area contributed by atoms with E-state index in [4.69, 9.17) is 5.11 Å². The fourth-order valence-electron chi connectivity index (χ4n) is 3.29. The van der Waals surface area contributed by atoms with Crippen LogP contribution in [0.1, 0.15) is 5.56 Å². The van der Waals surface area contributed by atoms with Gasteiger partial charge in [0.05, 0.1) is 30.5 Å². The van der Waals surface area contributed by atoms with Crippen LogP contribution in [-0.4, -0.2) is 40.0 Å². The first-order valence-electron chi connectivity index (χ1n) is 9.00. The first kappa shape index (κ1) is 16.9. The van der Waals surface area contributed by atoms with E-state index in [1.165, 1.54) is 0 Å². The molecule has 29 heavy (non-hydrogen) atoms. The molecule has 0 fully saturated rings. The Morgan fingerprint density at radius 1 is 0.966 bits per heavy atom. The van der Waals surface area contributed by atoms with Crippen molar-refractivity contribution in [1.82, 2.24) is 28.9 Å². The third-order valence-electron chi connectivity index (χ3n) is 4.66. The molecule has 4 heterocycles. The SMILES string of the molecule is O=C(O)Cc1ccn(-c2cncc(-n3ncc4ccc(-n5cccc5)cc43)n2)c1. The number of carbonyl (C=O) groups is 1. The van der Waals surface area contributed by atoms with Gasteiger partial charge >= 0.3 is 5.97 Å². The highest BCUT2D eigenvalue weighted by Crippen LogP contribution is 2.21. The number of aliphatic carboxylic acids is 1. The lowest BCUT2D eigenvalue weighted by Gasteiger charge is -2.07. The maximum Gasteiger partial charge on any atom is 0.307 e. The van der Waals surface area contributed by atoms with Crippen molar-refractivity contribution in [2.45, 2.75) is 6.42 Å². The van der Waals surface area contributed by atoms with Crippen LogP contribution in [0.4, 0.5) is 0 Å². The van der Waals surface area contributed by atoms with Crippen LogP contribution in [-0.2, 0) is 11.2 Å². The summed E-state index contributed by atoms with van der Waals surface area (Å²) in [6.45, 7) is 0. The lowest BCUT2D eigenvalue weighted by Crippen LogP contribution is -2.05. The number of benzene rings is 1. The molecule has 0 radical (unpaired) electrons. The Hall–Kier alpha value is -4.20. The molecule has 1 N–H and O–H groups in total. The Morgan fingerprint density at radius 3 is 2.62 bits per heavy atom. The number of aromatic nitrogens is 6. The summed E-state index contributed by atoms with van der Waals surface area (Å²) in [6.07, 6.45) is 12.5. The quantitative estimate of drug-likeness (QED) is 0.503. The first-order chi connectivity index (χ1) is 14.2. The van der Waals surface area contributed by atoms with E-state index in [9.17, 15) is 4.79 Å². The highest BCUT2D eigenvalue weighted by molar-refractivity contribution is 5.82. The van der Waals surface area contributed by atoms with Crippen LogP contribution in [0, 0.1) is 0 Å². The van der Waals surface area contributed by atoms with E-state index in [-0.39, 0.29) is 6.42 Å². The second kappa shape index (κ2) is 6.75. The second-order valence-corrected chi connectivity index (χ2v) is 6.62. The topological polar surface area (TPSA) is 90.8 Å². The monoisotopic (exact) mass is 384 g/mol. The van der Waals surface area contributed by atoms with Crippen molar-refractivity contribution in [3.8, 4) is 17.3 Å². The number of hydrogen-bond acceptors (Lipinski definition) is 4. The minimum Gasteiger partial charge on any atom is -0.481 e. The zero-order valence-corrected chi connectivity index (χ0v) is 15.3. The Balaban J connectivity index is 1.55. The lowest BCUT2D eigenvalue weighted by atomic mass is 10.2. The average Bonchev–Trinajstić information content (AvgIpc) is 3.47. The van der Waals surface area contributed by atoms with Gasteiger partial charge in [0.2, 0.25) is 0 Å². The van der Waals surface area contributed by atoms with Crippen LogP contribution in [0.5, 0.6) is 0 Å². The van der Waals surface area contributed by atoms with Gasteiger partial charge in [-0.15, -0.1) is 0 Å². The number of rotatable bonds is 5. The van der Waals surface area contributed by atoms with Crippen LogP contribution >= 0.6 is 0 Å². The summed E-state index contributed by atoms with van der Waals surface area (Å²) in [6, 6.07) is 11.8. The van der Waals surface area contributed by atoms with Crippen molar-refractivity contribution in [2.75, 3.05) is 0 Å². The van der Waals surface area contributed by atoms with Crippen molar-refractivity contribution in [3.63, 3.8) is 0 Å². The first-order valence-corrected chi connectivity index (χ1v) is 9.00. The van der Waals surface area contributed by atoms with Crippen LogP contribution in [0.15, 0.2) is 79.8 Å². The minimum absolute atomic E-state index is 0.0356. The Labute approximate surface area is 165 Å². The summed E-state index contributed by atoms with van der Waals surface area (Å²) in [5.41, 5.74) is 2.64. The molecule has 0 aliphatic carbocycles. The summed E-state index contributed by atoms with van der Waals surface area (Å²) < 4.78 is 5.54. The number of fused-ring (bicyclic) bond motifs is 1. The molecule has 5 rings (SSSR count). The molecule has 5 aromatic rings. The van der Waals surface area contributed by atoms with E-state index >= 15 is 0 Å². The summed E-state index contributed by atoms with van der Waals surface area (Å²) in [4.78, 5) is 19.9. The van der Waals surface area contributed by atoms with E-state index in [1.807, 2.05) is 41.2 Å². The molecule has 0 aliphatic rings. The fourth-order valence-corrected chi connectivity index (χ4v) is 3.29. The van der Waals surface area contributed by atoms with Gasteiger partial charge in [-0.3, -0.25) is 9.78 Å². The summed E-state index contributed by atoms with van der Waals surface area (Å²) in [7, 11) is 0. The average molecular weight is 384 g/mol. The summed E-state index contributed by atoms with van der Waals surface area (Å²) in [5.74, 6) is 0.295. The lowest BCUT2D eigenvalue weighted by molar-refractivity contribution is -0.136. The molecule has 142 valence electrons. The Bertz CT molecular complexity index is 1320.